The predicted molar refractivity (Wildman–Crippen MR) is 116 cm³/mol. The number of nitrogens with zero attached hydrogens (tertiary/aromatic N) is 1. The molecule has 4 rings (SSSR count). The van der Waals surface area contributed by atoms with Crippen molar-refractivity contribution in [3.05, 3.63) is 84.1 Å². The van der Waals surface area contributed by atoms with Crippen molar-refractivity contribution >= 4 is 49.2 Å². The van der Waals surface area contributed by atoms with Gasteiger partial charge in [0.2, 0.25) is 0 Å². The average Bonchev–Trinajstić information content (AvgIpc) is 2.72. The van der Waals surface area contributed by atoms with E-state index in [4.69, 9.17) is 0 Å². The van der Waals surface area contributed by atoms with Gasteiger partial charge >= 0.3 is 0 Å². The Labute approximate surface area is 166 Å². The van der Waals surface area contributed by atoms with Gasteiger partial charge in [-0.25, -0.2) is 0 Å². The fraction of sp³-hybridized carbons (Fsp3) is 0.0909. The third kappa shape index (κ3) is 3.80. The Morgan fingerprint density at radius 2 is 1.85 bits per heavy atom. The van der Waals surface area contributed by atoms with E-state index in [1.165, 1.54) is 10.8 Å². The molecule has 5 heteroatoms. The lowest BCUT2D eigenvalue weighted by molar-refractivity contribution is 0.0952. The van der Waals surface area contributed by atoms with Gasteiger partial charge in [0.15, 0.2) is 0 Å². The Morgan fingerprint density at radius 3 is 2.70 bits per heavy atom. The Balaban J connectivity index is 1.58. The molecule has 1 aromatic heterocycles. The molecule has 27 heavy (non-hydrogen) atoms. The Morgan fingerprint density at radius 1 is 1.00 bits per heavy atom. The first-order valence-electron chi connectivity index (χ1n) is 8.60. The molecule has 3 aromatic carbocycles. The summed E-state index contributed by atoms with van der Waals surface area (Å²) < 4.78 is 0. The molecule has 0 radical (unpaired) electrons. The minimum Gasteiger partial charge on any atom is -0.348 e. The number of carbonyl (C=O) groups is 1. The Bertz CT molecular complexity index is 1130. The van der Waals surface area contributed by atoms with E-state index in [0.29, 0.717) is 12.1 Å². The molecule has 4 aromatic rings. The lowest BCUT2D eigenvalue weighted by Crippen LogP contribution is -2.23. The van der Waals surface area contributed by atoms with Gasteiger partial charge in [-0.3, -0.25) is 9.78 Å². The molecular formula is C22H18N2OS2. The molecular weight excluding hydrogens is 372 g/mol. The van der Waals surface area contributed by atoms with Crippen LogP contribution in [0.4, 0.5) is 0 Å². The van der Waals surface area contributed by atoms with Crippen molar-refractivity contribution in [1.82, 2.24) is 10.3 Å². The van der Waals surface area contributed by atoms with Gasteiger partial charge in [0, 0.05) is 23.0 Å². The van der Waals surface area contributed by atoms with E-state index in [1.807, 2.05) is 36.6 Å². The van der Waals surface area contributed by atoms with Gasteiger partial charge in [-0.15, -0.1) is 0 Å². The lowest BCUT2D eigenvalue weighted by atomic mass is 10.1. The molecule has 3 nitrogen and oxygen atoms in total. The number of hydrogen-bond acceptors (Lipinski definition) is 4. The largest absolute Gasteiger partial charge is 0.348 e. The molecule has 0 aliphatic carbocycles. The van der Waals surface area contributed by atoms with E-state index in [0.717, 1.165) is 21.4 Å². The van der Waals surface area contributed by atoms with Crippen LogP contribution in [-0.4, -0.2) is 17.1 Å². The van der Waals surface area contributed by atoms with E-state index in [1.54, 1.807) is 33.9 Å². The van der Waals surface area contributed by atoms with Gasteiger partial charge in [-0.1, -0.05) is 70.1 Å². The quantitative estimate of drug-likeness (QED) is 0.445. The molecule has 0 saturated heterocycles. The zero-order valence-electron chi connectivity index (χ0n) is 14.8. The summed E-state index contributed by atoms with van der Waals surface area (Å²) in [6.45, 7) is 0.493. The van der Waals surface area contributed by atoms with Crippen LogP contribution in [0.1, 0.15) is 15.9 Å². The van der Waals surface area contributed by atoms with Crippen molar-refractivity contribution in [3.63, 3.8) is 0 Å². The van der Waals surface area contributed by atoms with Crippen LogP contribution in [0.15, 0.2) is 77.8 Å². The van der Waals surface area contributed by atoms with Gasteiger partial charge in [-0.2, -0.15) is 0 Å². The highest BCUT2D eigenvalue weighted by Crippen LogP contribution is 2.34. The summed E-state index contributed by atoms with van der Waals surface area (Å²) in [5.74, 6) is -0.0816. The lowest BCUT2D eigenvalue weighted by Gasteiger charge is -2.10. The summed E-state index contributed by atoms with van der Waals surface area (Å²) in [5.41, 5.74) is 2.61. The summed E-state index contributed by atoms with van der Waals surface area (Å²) in [4.78, 5) is 18.4. The molecule has 1 N–H and O–H groups in total. The first-order chi connectivity index (χ1) is 13.3. The number of rotatable bonds is 5. The number of carbonyl (C=O) groups excluding carboxylic acids is 1. The maximum atomic E-state index is 12.8. The molecule has 0 unspecified atom stereocenters. The van der Waals surface area contributed by atoms with Crippen molar-refractivity contribution in [2.75, 3.05) is 6.26 Å². The molecule has 1 heterocycles. The van der Waals surface area contributed by atoms with Crippen LogP contribution in [0.25, 0.3) is 21.7 Å². The summed E-state index contributed by atoms with van der Waals surface area (Å²) in [5, 5.41) is 6.31. The molecule has 0 atom stereocenters. The van der Waals surface area contributed by atoms with Gasteiger partial charge < -0.3 is 5.32 Å². The molecule has 134 valence electrons. The second-order valence-corrected chi connectivity index (χ2v) is 8.56. The van der Waals surface area contributed by atoms with Crippen LogP contribution in [0.2, 0.25) is 0 Å². The molecule has 0 bridgehead atoms. The standard InChI is InChI=1S/C22H18N2OS2/c1-26-27-20-8-4-7-18-19(11-12-23-21(18)20)22(25)24-14-15-9-10-16-5-2-3-6-17(16)13-15/h2-13H,14H2,1H3,(H,24,25). The third-order valence-corrected chi connectivity index (χ3v) is 6.13. The fourth-order valence-corrected chi connectivity index (χ4v) is 4.63. The highest BCUT2D eigenvalue weighted by Gasteiger charge is 2.12. The zero-order chi connectivity index (χ0) is 18.6. The van der Waals surface area contributed by atoms with E-state index in [-0.39, 0.29) is 5.91 Å². The maximum absolute atomic E-state index is 12.8. The van der Waals surface area contributed by atoms with Crippen molar-refractivity contribution < 1.29 is 4.79 Å². The minimum atomic E-state index is -0.0816. The molecule has 0 spiro atoms. The van der Waals surface area contributed by atoms with Gasteiger partial charge in [0.05, 0.1) is 11.1 Å². The van der Waals surface area contributed by atoms with Gasteiger partial charge in [-0.05, 0) is 40.8 Å². The van der Waals surface area contributed by atoms with E-state index >= 15 is 0 Å². The van der Waals surface area contributed by atoms with Crippen LogP contribution in [-0.2, 0) is 6.54 Å². The highest BCUT2D eigenvalue weighted by atomic mass is 33.1. The van der Waals surface area contributed by atoms with Crippen LogP contribution in [0.5, 0.6) is 0 Å². The van der Waals surface area contributed by atoms with Gasteiger partial charge in [0.25, 0.3) is 5.91 Å². The van der Waals surface area contributed by atoms with Gasteiger partial charge in [0.1, 0.15) is 0 Å². The molecule has 0 saturated carbocycles. The van der Waals surface area contributed by atoms with Crippen molar-refractivity contribution in [2.45, 2.75) is 11.4 Å². The SMILES string of the molecule is CSSc1cccc2c(C(=O)NCc3ccc4ccccc4c3)ccnc12. The smallest absolute Gasteiger partial charge is 0.252 e. The molecule has 0 aliphatic rings. The Hall–Kier alpha value is -2.50. The number of aromatic nitrogens is 1. The number of hydrogen-bond donors (Lipinski definition) is 1. The summed E-state index contributed by atoms with van der Waals surface area (Å²) >= 11 is 0. The molecule has 0 aliphatic heterocycles. The van der Waals surface area contributed by atoms with Crippen molar-refractivity contribution in [1.29, 1.82) is 0 Å². The predicted octanol–water partition coefficient (Wildman–Crippen LogP) is 5.69. The summed E-state index contributed by atoms with van der Waals surface area (Å²) in [6.07, 6.45) is 3.74. The maximum Gasteiger partial charge on any atom is 0.252 e. The summed E-state index contributed by atoms with van der Waals surface area (Å²) in [7, 11) is 3.33. The average molecular weight is 391 g/mol. The number of amides is 1. The fourth-order valence-electron chi connectivity index (χ4n) is 3.13. The first-order valence-corrected chi connectivity index (χ1v) is 11.2. The van der Waals surface area contributed by atoms with E-state index in [2.05, 4.69) is 40.6 Å². The van der Waals surface area contributed by atoms with E-state index in [9.17, 15) is 4.79 Å². The third-order valence-electron chi connectivity index (χ3n) is 4.42. The normalized spacial score (nSPS) is 11.0. The summed E-state index contributed by atoms with van der Waals surface area (Å²) in [6, 6.07) is 22.2. The first kappa shape index (κ1) is 17.9. The second kappa shape index (κ2) is 8.03. The second-order valence-electron chi connectivity index (χ2n) is 6.13. The number of benzene rings is 3. The van der Waals surface area contributed by atoms with Crippen LogP contribution < -0.4 is 5.32 Å². The molecule has 1 amide bonds. The molecule has 0 fully saturated rings. The zero-order valence-corrected chi connectivity index (χ0v) is 16.4. The topological polar surface area (TPSA) is 42.0 Å². The van der Waals surface area contributed by atoms with Crippen LogP contribution in [0, 0.1) is 0 Å². The monoisotopic (exact) mass is 390 g/mol. The Kier molecular flexibility index (Phi) is 5.32. The van der Waals surface area contributed by atoms with Crippen molar-refractivity contribution in [2.24, 2.45) is 0 Å². The number of fused-ring (bicyclic) bond motifs is 2. The van der Waals surface area contributed by atoms with Crippen LogP contribution >= 0.6 is 21.6 Å². The van der Waals surface area contributed by atoms with Crippen LogP contribution in [0.3, 0.4) is 0 Å². The highest BCUT2D eigenvalue weighted by molar-refractivity contribution is 8.76. The van der Waals surface area contributed by atoms with E-state index < -0.39 is 0 Å². The number of para-hydroxylation sites is 1. The van der Waals surface area contributed by atoms with Crippen molar-refractivity contribution in [3.8, 4) is 0 Å². The minimum absolute atomic E-state index is 0.0816. The number of nitrogens with one attached hydrogen (secondary N) is 1. The number of pyridine rings is 1.